The summed E-state index contributed by atoms with van der Waals surface area (Å²) >= 11 is 0. The minimum atomic E-state index is -1.25. The second-order valence-electron chi connectivity index (χ2n) is 5.48. The number of amides is 4. The third kappa shape index (κ3) is 2.45. The zero-order chi connectivity index (χ0) is 16.6. The van der Waals surface area contributed by atoms with Crippen LogP contribution < -0.4 is 20.1 Å². The molecule has 1 fully saturated rings. The summed E-state index contributed by atoms with van der Waals surface area (Å²) in [5.74, 6) is 0.229. The van der Waals surface area contributed by atoms with Crippen molar-refractivity contribution in [1.29, 1.82) is 0 Å². The summed E-state index contributed by atoms with van der Waals surface area (Å²) in [5.41, 5.74) is -0.680. The molecular weight excluding hydrogens is 302 g/mol. The van der Waals surface area contributed by atoms with E-state index in [2.05, 4.69) is 10.6 Å². The number of urea groups is 1. The van der Waals surface area contributed by atoms with Gasteiger partial charge in [-0.1, -0.05) is 6.07 Å². The van der Waals surface area contributed by atoms with Crippen molar-refractivity contribution < 1.29 is 23.9 Å². The number of carbonyl (C=O) groups is 3. The molecule has 0 saturated carbocycles. The molecule has 23 heavy (non-hydrogen) atoms. The number of hydrogen-bond acceptors (Lipinski definition) is 5. The first-order valence-electron chi connectivity index (χ1n) is 7.20. The summed E-state index contributed by atoms with van der Waals surface area (Å²) in [7, 11) is 1.45. The van der Waals surface area contributed by atoms with E-state index in [1.807, 2.05) is 0 Å². The second kappa shape index (κ2) is 5.45. The summed E-state index contributed by atoms with van der Waals surface area (Å²) in [4.78, 5) is 37.1. The van der Waals surface area contributed by atoms with Crippen LogP contribution in [0.3, 0.4) is 0 Å². The Balaban J connectivity index is 1.91. The molecule has 0 bridgehead atoms. The smallest absolute Gasteiger partial charge is 0.325 e. The van der Waals surface area contributed by atoms with Crippen molar-refractivity contribution >= 4 is 17.8 Å². The van der Waals surface area contributed by atoms with E-state index >= 15 is 0 Å². The largest absolute Gasteiger partial charge is 0.486 e. The fourth-order valence-electron chi connectivity index (χ4n) is 2.61. The number of carbonyl (C=O) groups excluding carboxylic acids is 3. The van der Waals surface area contributed by atoms with E-state index in [9.17, 15) is 14.4 Å². The van der Waals surface area contributed by atoms with Gasteiger partial charge >= 0.3 is 6.03 Å². The maximum absolute atomic E-state index is 12.6. The number of fused-ring (bicyclic) bond motifs is 1. The predicted octanol–water partition coefficient (Wildman–Crippen LogP) is -0.0292. The highest BCUT2D eigenvalue weighted by molar-refractivity contribution is 6.09. The number of rotatable bonds is 3. The van der Waals surface area contributed by atoms with Crippen LogP contribution in [0.4, 0.5) is 4.79 Å². The normalized spacial score (nSPS) is 22.8. The lowest BCUT2D eigenvalue weighted by atomic mass is 9.91. The van der Waals surface area contributed by atoms with E-state index in [0.29, 0.717) is 30.3 Å². The maximum Gasteiger partial charge on any atom is 0.325 e. The van der Waals surface area contributed by atoms with E-state index in [1.54, 1.807) is 25.1 Å². The van der Waals surface area contributed by atoms with Gasteiger partial charge in [0.05, 0.1) is 0 Å². The monoisotopic (exact) mass is 319 g/mol. The molecule has 3 rings (SSSR count). The first-order chi connectivity index (χ1) is 11.0. The molecule has 122 valence electrons. The molecule has 0 aromatic heterocycles. The fraction of sp³-hybridized carbons (Fsp3) is 0.400. The van der Waals surface area contributed by atoms with Crippen molar-refractivity contribution in [2.45, 2.75) is 12.5 Å². The van der Waals surface area contributed by atoms with Crippen LogP contribution in [0.25, 0.3) is 0 Å². The first-order valence-corrected chi connectivity index (χ1v) is 7.20. The molecule has 4 amide bonds. The zero-order valence-corrected chi connectivity index (χ0v) is 12.8. The van der Waals surface area contributed by atoms with Gasteiger partial charge in [-0.2, -0.15) is 0 Å². The van der Waals surface area contributed by atoms with Gasteiger partial charge in [0.1, 0.15) is 25.3 Å². The Morgan fingerprint density at radius 3 is 2.70 bits per heavy atom. The van der Waals surface area contributed by atoms with Crippen LogP contribution in [0.5, 0.6) is 11.5 Å². The SMILES string of the molecule is CNC(=O)CN1C(=O)N[C@@](C)(c2ccc3c(c2)OCCO3)C1=O. The van der Waals surface area contributed by atoms with Crippen molar-refractivity contribution in [2.75, 3.05) is 26.8 Å². The van der Waals surface area contributed by atoms with Crippen LogP contribution in [0.1, 0.15) is 12.5 Å². The van der Waals surface area contributed by atoms with Gasteiger partial charge in [-0.05, 0) is 24.6 Å². The van der Waals surface area contributed by atoms with Crippen molar-refractivity contribution in [3.63, 3.8) is 0 Å². The molecule has 0 unspecified atom stereocenters. The minimum absolute atomic E-state index is 0.318. The Kier molecular flexibility index (Phi) is 3.59. The Hall–Kier alpha value is -2.77. The molecular formula is C15H17N3O5. The molecule has 0 radical (unpaired) electrons. The van der Waals surface area contributed by atoms with Crippen LogP contribution in [0.15, 0.2) is 18.2 Å². The lowest BCUT2D eigenvalue weighted by molar-refractivity contribution is -0.134. The van der Waals surface area contributed by atoms with Gasteiger partial charge in [0.15, 0.2) is 11.5 Å². The van der Waals surface area contributed by atoms with Crippen molar-refractivity contribution in [3.05, 3.63) is 23.8 Å². The van der Waals surface area contributed by atoms with E-state index in [0.717, 1.165) is 4.90 Å². The summed E-state index contributed by atoms with van der Waals surface area (Å²) in [6.07, 6.45) is 0. The number of imide groups is 1. The van der Waals surface area contributed by atoms with Crippen LogP contribution in [0, 0.1) is 0 Å². The van der Waals surface area contributed by atoms with Crippen LogP contribution in [-0.2, 0) is 15.1 Å². The topological polar surface area (TPSA) is 97.0 Å². The van der Waals surface area contributed by atoms with Crippen molar-refractivity contribution in [2.24, 2.45) is 0 Å². The van der Waals surface area contributed by atoms with Gasteiger partial charge in [-0.3, -0.25) is 14.5 Å². The maximum atomic E-state index is 12.6. The summed E-state index contributed by atoms with van der Waals surface area (Å²) in [6, 6.07) is 4.48. The molecule has 8 heteroatoms. The van der Waals surface area contributed by atoms with Crippen LogP contribution >= 0.6 is 0 Å². The molecule has 8 nitrogen and oxygen atoms in total. The Morgan fingerprint density at radius 1 is 1.30 bits per heavy atom. The highest BCUT2D eigenvalue weighted by Crippen LogP contribution is 2.36. The number of likely N-dealkylation sites (N-methyl/N-ethyl adjacent to an activating group) is 1. The lowest BCUT2D eigenvalue weighted by Crippen LogP contribution is -2.42. The Morgan fingerprint density at radius 2 is 2.00 bits per heavy atom. The highest BCUT2D eigenvalue weighted by Gasteiger charge is 2.49. The van der Waals surface area contributed by atoms with Gasteiger partial charge in [0.2, 0.25) is 5.91 Å². The Bertz CT molecular complexity index is 690. The van der Waals surface area contributed by atoms with Crippen LogP contribution in [0.2, 0.25) is 0 Å². The average molecular weight is 319 g/mol. The fourth-order valence-corrected chi connectivity index (χ4v) is 2.61. The standard InChI is InChI=1S/C15H17N3O5/c1-15(9-3-4-10-11(7-9)23-6-5-22-10)13(20)18(14(21)17-15)8-12(19)16-2/h3-4,7H,5-6,8H2,1-2H3,(H,16,19)(H,17,21)/t15-/m0/s1. The lowest BCUT2D eigenvalue weighted by Gasteiger charge is -2.25. The molecule has 1 aromatic rings. The number of hydrogen-bond donors (Lipinski definition) is 2. The average Bonchev–Trinajstić information content (AvgIpc) is 2.78. The molecule has 2 heterocycles. The molecule has 2 N–H and O–H groups in total. The molecule has 1 saturated heterocycles. The Labute approximate surface area is 132 Å². The first kappa shape index (κ1) is 15.1. The summed E-state index contributed by atoms with van der Waals surface area (Å²) in [5, 5.41) is 5.04. The molecule has 2 aliphatic heterocycles. The minimum Gasteiger partial charge on any atom is -0.486 e. The van der Waals surface area contributed by atoms with E-state index in [1.165, 1.54) is 7.05 Å². The summed E-state index contributed by atoms with van der Waals surface area (Å²) in [6.45, 7) is 2.18. The number of nitrogens with one attached hydrogen (secondary N) is 2. The van der Waals surface area contributed by atoms with Gasteiger partial charge < -0.3 is 20.1 Å². The molecule has 0 spiro atoms. The molecule has 0 aliphatic carbocycles. The predicted molar refractivity (Wildman–Crippen MR) is 79.1 cm³/mol. The molecule has 1 aromatic carbocycles. The van der Waals surface area contributed by atoms with Crippen molar-refractivity contribution in [3.8, 4) is 11.5 Å². The zero-order valence-electron chi connectivity index (χ0n) is 12.8. The van der Waals surface area contributed by atoms with E-state index in [4.69, 9.17) is 9.47 Å². The highest BCUT2D eigenvalue weighted by atomic mass is 16.6. The number of benzene rings is 1. The third-order valence-electron chi connectivity index (χ3n) is 3.98. The van der Waals surface area contributed by atoms with E-state index < -0.39 is 23.4 Å². The van der Waals surface area contributed by atoms with Gasteiger partial charge in [-0.15, -0.1) is 0 Å². The number of nitrogens with zero attached hydrogens (tertiary/aromatic N) is 1. The van der Waals surface area contributed by atoms with E-state index in [-0.39, 0.29) is 6.54 Å². The quantitative estimate of drug-likeness (QED) is 0.763. The van der Waals surface area contributed by atoms with Gasteiger partial charge in [0.25, 0.3) is 5.91 Å². The molecule has 2 aliphatic rings. The summed E-state index contributed by atoms with van der Waals surface area (Å²) < 4.78 is 11.0. The second-order valence-corrected chi connectivity index (χ2v) is 5.48. The number of ether oxygens (including phenoxy) is 2. The third-order valence-corrected chi connectivity index (χ3v) is 3.98. The van der Waals surface area contributed by atoms with Gasteiger partial charge in [-0.25, -0.2) is 4.79 Å². The van der Waals surface area contributed by atoms with Crippen LogP contribution in [-0.4, -0.2) is 49.6 Å². The van der Waals surface area contributed by atoms with Gasteiger partial charge in [0, 0.05) is 7.05 Å². The molecule has 1 atom stereocenters. The van der Waals surface area contributed by atoms with Crippen molar-refractivity contribution in [1.82, 2.24) is 15.5 Å².